The summed E-state index contributed by atoms with van der Waals surface area (Å²) in [6.45, 7) is 2.04. The Hall–Kier alpha value is -2.77. The van der Waals surface area contributed by atoms with Crippen LogP contribution in [-0.2, 0) is 9.59 Å². The Kier molecular flexibility index (Phi) is 8.25. The molecule has 8 nitrogen and oxygen atoms in total. The third kappa shape index (κ3) is 6.70. The van der Waals surface area contributed by atoms with Crippen LogP contribution >= 0.6 is 0 Å². The van der Waals surface area contributed by atoms with Crippen molar-refractivity contribution < 1.29 is 29.0 Å². The predicted molar refractivity (Wildman–Crippen MR) is 92.3 cm³/mol. The molecular weight excluding hydrogens is 328 g/mol. The van der Waals surface area contributed by atoms with Gasteiger partial charge in [-0.3, -0.25) is 9.59 Å². The molecule has 2 amide bonds. The van der Waals surface area contributed by atoms with E-state index in [0.717, 1.165) is 12.8 Å². The van der Waals surface area contributed by atoms with Gasteiger partial charge in [0.15, 0.2) is 11.5 Å². The minimum atomic E-state index is -1.13. The van der Waals surface area contributed by atoms with Crippen LogP contribution in [0.4, 0.5) is 5.69 Å². The number of hydrogen-bond acceptors (Lipinski definition) is 5. The van der Waals surface area contributed by atoms with E-state index in [-0.39, 0.29) is 41.0 Å². The van der Waals surface area contributed by atoms with Crippen molar-refractivity contribution in [2.75, 3.05) is 26.1 Å². The van der Waals surface area contributed by atoms with Crippen LogP contribution in [0.3, 0.4) is 0 Å². The summed E-state index contributed by atoms with van der Waals surface area (Å²) >= 11 is 0. The first-order valence-corrected chi connectivity index (χ1v) is 7.92. The SMILES string of the molecule is COc1cc(C(=O)O)cc(NC(=O)CCCCCNC(C)=O)c1OC. The molecule has 8 heteroatoms. The van der Waals surface area contributed by atoms with E-state index in [9.17, 15) is 14.4 Å². The van der Waals surface area contributed by atoms with E-state index in [1.54, 1.807) is 0 Å². The van der Waals surface area contributed by atoms with E-state index >= 15 is 0 Å². The van der Waals surface area contributed by atoms with Crippen LogP contribution in [0.5, 0.6) is 11.5 Å². The molecule has 3 N–H and O–H groups in total. The van der Waals surface area contributed by atoms with Crippen LogP contribution < -0.4 is 20.1 Å². The molecule has 0 saturated heterocycles. The van der Waals surface area contributed by atoms with E-state index in [0.29, 0.717) is 13.0 Å². The number of carbonyl (C=O) groups excluding carboxylic acids is 2. The zero-order valence-corrected chi connectivity index (χ0v) is 14.7. The molecule has 0 aliphatic heterocycles. The molecule has 1 aromatic carbocycles. The second-order valence-electron chi connectivity index (χ2n) is 5.41. The van der Waals surface area contributed by atoms with Crippen molar-refractivity contribution in [1.82, 2.24) is 5.32 Å². The molecule has 138 valence electrons. The van der Waals surface area contributed by atoms with E-state index in [1.165, 1.54) is 33.3 Å². The van der Waals surface area contributed by atoms with E-state index in [4.69, 9.17) is 14.6 Å². The Labute approximate surface area is 146 Å². The lowest BCUT2D eigenvalue weighted by molar-refractivity contribution is -0.119. The van der Waals surface area contributed by atoms with Crippen molar-refractivity contribution in [1.29, 1.82) is 0 Å². The van der Waals surface area contributed by atoms with Gasteiger partial charge in [0.1, 0.15) is 0 Å². The number of carbonyl (C=O) groups is 3. The lowest BCUT2D eigenvalue weighted by Gasteiger charge is -2.14. The van der Waals surface area contributed by atoms with Gasteiger partial charge in [-0.15, -0.1) is 0 Å². The average molecular weight is 352 g/mol. The number of aromatic carboxylic acids is 1. The molecule has 0 heterocycles. The summed E-state index contributed by atoms with van der Waals surface area (Å²) in [5.41, 5.74) is 0.241. The molecule has 0 bridgehead atoms. The van der Waals surface area contributed by atoms with Gasteiger partial charge in [-0.25, -0.2) is 4.79 Å². The standard InChI is InChI=1S/C17H24N2O6/c1-11(20)18-8-6-4-5-7-15(21)19-13-9-12(17(22)23)10-14(24-2)16(13)25-3/h9-10H,4-8H2,1-3H3,(H,18,20)(H,19,21)(H,22,23). The Balaban J connectivity index is 2.65. The van der Waals surface area contributed by atoms with Crippen molar-refractivity contribution in [3.05, 3.63) is 17.7 Å². The van der Waals surface area contributed by atoms with Gasteiger partial charge in [0.25, 0.3) is 0 Å². The number of carboxylic acid groups (broad SMARTS) is 1. The minimum Gasteiger partial charge on any atom is -0.493 e. The van der Waals surface area contributed by atoms with Crippen LogP contribution in [0.25, 0.3) is 0 Å². The van der Waals surface area contributed by atoms with Gasteiger partial charge >= 0.3 is 5.97 Å². The number of benzene rings is 1. The van der Waals surface area contributed by atoms with Crippen LogP contribution in [0.1, 0.15) is 43.0 Å². The fraction of sp³-hybridized carbons (Fsp3) is 0.471. The first-order chi connectivity index (χ1) is 11.9. The summed E-state index contributed by atoms with van der Waals surface area (Å²) < 4.78 is 10.3. The number of nitrogens with one attached hydrogen (secondary N) is 2. The largest absolute Gasteiger partial charge is 0.493 e. The number of unbranched alkanes of at least 4 members (excludes halogenated alkanes) is 2. The molecule has 0 fully saturated rings. The van der Waals surface area contributed by atoms with Gasteiger partial charge < -0.3 is 25.2 Å². The zero-order valence-electron chi connectivity index (χ0n) is 14.7. The summed E-state index contributed by atoms with van der Waals surface area (Å²) in [5, 5.41) is 14.5. The van der Waals surface area contributed by atoms with Gasteiger partial charge in [-0.2, -0.15) is 0 Å². The molecule has 0 spiro atoms. The van der Waals surface area contributed by atoms with Crippen molar-refractivity contribution >= 4 is 23.5 Å². The molecule has 1 aromatic rings. The summed E-state index contributed by atoms with van der Waals surface area (Å²) in [7, 11) is 2.81. The van der Waals surface area contributed by atoms with Gasteiger partial charge in [0.05, 0.1) is 25.5 Å². The molecule has 0 radical (unpaired) electrons. The first-order valence-electron chi connectivity index (χ1n) is 7.92. The third-order valence-electron chi connectivity index (χ3n) is 3.45. The quantitative estimate of drug-likeness (QED) is 0.555. The fourth-order valence-corrected chi connectivity index (χ4v) is 2.25. The second kappa shape index (κ2) is 10.2. The van der Waals surface area contributed by atoms with Crippen LogP contribution in [0.15, 0.2) is 12.1 Å². The molecular formula is C17H24N2O6. The number of hydrogen-bond donors (Lipinski definition) is 3. The van der Waals surface area contributed by atoms with Crippen molar-refractivity contribution in [2.24, 2.45) is 0 Å². The van der Waals surface area contributed by atoms with Crippen LogP contribution in [0, 0.1) is 0 Å². The monoisotopic (exact) mass is 352 g/mol. The topological polar surface area (TPSA) is 114 Å². The minimum absolute atomic E-state index is 0.0109. The lowest BCUT2D eigenvalue weighted by atomic mass is 10.1. The van der Waals surface area contributed by atoms with Crippen molar-refractivity contribution in [3.8, 4) is 11.5 Å². The zero-order chi connectivity index (χ0) is 18.8. The Morgan fingerprint density at radius 2 is 1.80 bits per heavy atom. The normalized spacial score (nSPS) is 10.0. The van der Waals surface area contributed by atoms with Crippen molar-refractivity contribution in [3.63, 3.8) is 0 Å². The maximum absolute atomic E-state index is 12.1. The molecule has 1 rings (SSSR count). The van der Waals surface area contributed by atoms with E-state index in [2.05, 4.69) is 10.6 Å². The number of ether oxygens (including phenoxy) is 2. The molecule has 0 unspecified atom stereocenters. The third-order valence-corrected chi connectivity index (χ3v) is 3.45. The highest BCUT2D eigenvalue weighted by Crippen LogP contribution is 2.36. The Bertz CT molecular complexity index is 630. The number of methoxy groups -OCH3 is 2. The molecule has 25 heavy (non-hydrogen) atoms. The van der Waals surface area contributed by atoms with Crippen LogP contribution in [-0.4, -0.2) is 43.7 Å². The van der Waals surface area contributed by atoms with E-state index < -0.39 is 5.97 Å². The Morgan fingerprint density at radius 1 is 1.08 bits per heavy atom. The highest BCUT2D eigenvalue weighted by atomic mass is 16.5. The van der Waals surface area contributed by atoms with E-state index in [1.807, 2.05) is 0 Å². The molecule has 0 aliphatic rings. The first kappa shape index (κ1) is 20.3. The van der Waals surface area contributed by atoms with Gasteiger partial charge in [0.2, 0.25) is 11.8 Å². The number of rotatable bonds is 10. The smallest absolute Gasteiger partial charge is 0.335 e. The molecule has 0 atom stereocenters. The van der Waals surface area contributed by atoms with Crippen molar-refractivity contribution in [2.45, 2.75) is 32.6 Å². The van der Waals surface area contributed by atoms with Gasteiger partial charge in [-0.05, 0) is 25.0 Å². The number of anilines is 1. The predicted octanol–water partition coefficient (Wildman–Crippen LogP) is 2.04. The second-order valence-corrected chi connectivity index (χ2v) is 5.41. The molecule has 0 aliphatic carbocycles. The fourth-order valence-electron chi connectivity index (χ4n) is 2.25. The summed E-state index contributed by atoms with van der Waals surface area (Å²) in [6, 6.07) is 2.66. The van der Waals surface area contributed by atoms with Crippen LogP contribution in [0.2, 0.25) is 0 Å². The summed E-state index contributed by atoms with van der Waals surface area (Å²) in [6.07, 6.45) is 2.52. The number of carboxylic acids is 1. The average Bonchev–Trinajstić information content (AvgIpc) is 2.56. The Morgan fingerprint density at radius 3 is 2.36 bits per heavy atom. The molecule has 0 aromatic heterocycles. The highest BCUT2D eigenvalue weighted by molar-refractivity contribution is 5.96. The number of amides is 2. The lowest BCUT2D eigenvalue weighted by Crippen LogP contribution is -2.20. The molecule has 0 saturated carbocycles. The van der Waals surface area contributed by atoms with Gasteiger partial charge in [-0.1, -0.05) is 6.42 Å². The maximum Gasteiger partial charge on any atom is 0.335 e. The summed E-state index contributed by atoms with van der Waals surface area (Å²) in [4.78, 5) is 34.0. The maximum atomic E-state index is 12.1. The summed E-state index contributed by atoms with van der Waals surface area (Å²) in [5.74, 6) is -0.951. The van der Waals surface area contributed by atoms with Gasteiger partial charge in [0, 0.05) is 19.9 Å². The highest BCUT2D eigenvalue weighted by Gasteiger charge is 2.17.